The number of hydrogen-bond donors (Lipinski definition) is 0. The predicted octanol–water partition coefficient (Wildman–Crippen LogP) is 3.08. The molecule has 3 nitrogen and oxygen atoms in total. The molecule has 1 aromatic heterocycles. The number of ether oxygens (including phenoxy) is 1. The van der Waals surface area contributed by atoms with Crippen LogP contribution in [0.2, 0.25) is 0 Å². The Morgan fingerprint density at radius 3 is 3.06 bits per heavy atom. The molecule has 2 aromatic rings. The molecule has 4 heteroatoms. The van der Waals surface area contributed by atoms with Crippen LogP contribution in [0.4, 0.5) is 0 Å². The van der Waals surface area contributed by atoms with E-state index in [2.05, 4.69) is 4.98 Å². The van der Waals surface area contributed by atoms with Crippen molar-refractivity contribution >= 4 is 11.3 Å². The first-order valence-electron chi connectivity index (χ1n) is 4.92. The minimum absolute atomic E-state index is 0.460. The topological polar surface area (TPSA) is 45.9 Å². The van der Waals surface area contributed by atoms with Gasteiger partial charge in [-0.15, -0.1) is 11.3 Å². The summed E-state index contributed by atoms with van der Waals surface area (Å²) in [5.41, 5.74) is 1.44. The molecule has 0 fully saturated rings. The van der Waals surface area contributed by atoms with Gasteiger partial charge < -0.3 is 4.74 Å². The van der Waals surface area contributed by atoms with Crippen LogP contribution in [-0.4, -0.2) is 11.6 Å². The normalized spacial score (nSPS) is 9.75. The lowest BCUT2D eigenvalue weighted by Crippen LogP contribution is -1.91. The fourth-order valence-corrected chi connectivity index (χ4v) is 2.09. The molecular weight excluding hydrogens is 220 g/mol. The van der Waals surface area contributed by atoms with Gasteiger partial charge in [-0.2, -0.15) is 5.26 Å². The second-order valence-corrected chi connectivity index (χ2v) is 3.97. The highest BCUT2D eigenvalue weighted by atomic mass is 32.1. The van der Waals surface area contributed by atoms with Gasteiger partial charge >= 0.3 is 0 Å². The van der Waals surface area contributed by atoms with Crippen molar-refractivity contribution in [2.75, 3.05) is 6.61 Å². The van der Waals surface area contributed by atoms with Gasteiger partial charge in [0.15, 0.2) is 5.69 Å². The molecule has 0 aliphatic heterocycles. The van der Waals surface area contributed by atoms with E-state index in [0.29, 0.717) is 12.3 Å². The lowest BCUT2D eigenvalue weighted by molar-refractivity contribution is 0.340. The molecule has 0 aliphatic carbocycles. The first-order valence-corrected chi connectivity index (χ1v) is 5.80. The highest BCUT2D eigenvalue weighted by molar-refractivity contribution is 7.13. The minimum atomic E-state index is 0.460. The Hall–Kier alpha value is -1.86. The molecule has 16 heavy (non-hydrogen) atoms. The molecule has 0 amide bonds. The maximum Gasteiger partial charge on any atom is 0.152 e. The van der Waals surface area contributed by atoms with E-state index in [1.807, 2.05) is 37.3 Å². The number of hydrogen-bond acceptors (Lipinski definition) is 4. The average Bonchev–Trinajstić information content (AvgIpc) is 2.78. The summed E-state index contributed by atoms with van der Waals surface area (Å²) in [5, 5.41) is 11.3. The molecule has 0 aliphatic rings. The van der Waals surface area contributed by atoms with Crippen LogP contribution in [-0.2, 0) is 0 Å². The van der Waals surface area contributed by atoms with Crippen molar-refractivity contribution < 1.29 is 4.74 Å². The molecule has 2 rings (SSSR count). The number of thiazole rings is 1. The Labute approximate surface area is 97.9 Å². The van der Waals surface area contributed by atoms with E-state index in [1.54, 1.807) is 5.38 Å². The zero-order valence-electron chi connectivity index (χ0n) is 8.80. The molecule has 0 unspecified atom stereocenters. The smallest absolute Gasteiger partial charge is 0.152 e. The van der Waals surface area contributed by atoms with Crippen molar-refractivity contribution in [3.8, 4) is 22.4 Å². The number of aromatic nitrogens is 1. The third-order valence-electron chi connectivity index (χ3n) is 2.01. The fraction of sp³-hybridized carbons (Fsp3) is 0.167. The van der Waals surface area contributed by atoms with Crippen molar-refractivity contribution in [1.82, 2.24) is 4.98 Å². The number of benzene rings is 1. The molecule has 0 saturated heterocycles. The van der Waals surface area contributed by atoms with Crippen LogP contribution in [0.5, 0.6) is 5.75 Å². The van der Waals surface area contributed by atoms with Gasteiger partial charge in [-0.1, -0.05) is 12.1 Å². The minimum Gasteiger partial charge on any atom is -0.494 e. The lowest BCUT2D eigenvalue weighted by Gasteiger charge is -2.03. The molecule has 1 aromatic carbocycles. The standard InChI is InChI=1S/C12H10N2OS/c1-2-15-11-5-3-4-9(6-11)12-14-10(7-13)8-16-12/h3-6,8H,2H2,1H3. The summed E-state index contributed by atoms with van der Waals surface area (Å²) in [4.78, 5) is 4.20. The Morgan fingerprint density at radius 1 is 1.50 bits per heavy atom. The van der Waals surface area contributed by atoms with Gasteiger partial charge in [-0.25, -0.2) is 4.98 Å². The van der Waals surface area contributed by atoms with Crippen molar-refractivity contribution in [2.24, 2.45) is 0 Å². The summed E-state index contributed by atoms with van der Waals surface area (Å²) in [7, 11) is 0. The van der Waals surface area contributed by atoms with Crippen LogP contribution < -0.4 is 4.74 Å². The molecule has 0 radical (unpaired) electrons. The van der Waals surface area contributed by atoms with Gasteiger partial charge in [0, 0.05) is 10.9 Å². The molecule has 1 heterocycles. The van der Waals surface area contributed by atoms with E-state index >= 15 is 0 Å². The summed E-state index contributed by atoms with van der Waals surface area (Å²) >= 11 is 1.46. The fourth-order valence-electron chi connectivity index (χ4n) is 1.34. The van der Waals surface area contributed by atoms with Crippen LogP contribution >= 0.6 is 11.3 Å². The molecule has 0 N–H and O–H groups in total. The second-order valence-electron chi connectivity index (χ2n) is 3.11. The largest absolute Gasteiger partial charge is 0.494 e. The van der Waals surface area contributed by atoms with Gasteiger partial charge in [0.1, 0.15) is 16.8 Å². The lowest BCUT2D eigenvalue weighted by atomic mass is 10.2. The molecule has 0 atom stereocenters. The Balaban J connectivity index is 2.33. The summed E-state index contributed by atoms with van der Waals surface area (Å²) in [6.45, 7) is 2.59. The van der Waals surface area contributed by atoms with Crippen LogP contribution in [0.3, 0.4) is 0 Å². The SMILES string of the molecule is CCOc1cccc(-c2nc(C#N)cs2)c1. The van der Waals surface area contributed by atoms with E-state index in [0.717, 1.165) is 16.3 Å². The number of nitriles is 1. The van der Waals surface area contributed by atoms with Gasteiger partial charge in [0.25, 0.3) is 0 Å². The third kappa shape index (κ3) is 2.20. The highest BCUT2D eigenvalue weighted by Gasteiger charge is 2.05. The van der Waals surface area contributed by atoms with E-state index in [1.165, 1.54) is 11.3 Å². The van der Waals surface area contributed by atoms with E-state index in [-0.39, 0.29) is 0 Å². The maximum atomic E-state index is 8.71. The van der Waals surface area contributed by atoms with E-state index < -0.39 is 0 Å². The summed E-state index contributed by atoms with van der Waals surface area (Å²) in [5.74, 6) is 0.828. The van der Waals surface area contributed by atoms with Crippen molar-refractivity contribution in [1.29, 1.82) is 5.26 Å². The van der Waals surface area contributed by atoms with Crippen molar-refractivity contribution in [3.63, 3.8) is 0 Å². The van der Waals surface area contributed by atoms with Gasteiger partial charge in [-0.3, -0.25) is 0 Å². The Kier molecular flexibility index (Phi) is 3.18. The maximum absolute atomic E-state index is 8.71. The third-order valence-corrected chi connectivity index (χ3v) is 2.90. The van der Waals surface area contributed by atoms with Gasteiger partial charge in [-0.05, 0) is 19.1 Å². The Morgan fingerprint density at radius 2 is 2.38 bits per heavy atom. The van der Waals surface area contributed by atoms with Crippen LogP contribution in [0.1, 0.15) is 12.6 Å². The van der Waals surface area contributed by atoms with E-state index in [4.69, 9.17) is 10.00 Å². The van der Waals surface area contributed by atoms with Gasteiger partial charge in [0.2, 0.25) is 0 Å². The highest BCUT2D eigenvalue weighted by Crippen LogP contribution is 2.26. The summed E-state index contributed by atoms with van der Waals surface area (Å²) in [6, 6.07) is 9.75. The zero-order chi connectivity index (χ0) is 11.4. The summed E-state index contributed by atoms with van der Waals surface area (Å²) in [6.07, 6.45) is 0. The average molecular weight is 230 g/mol. The summed E-state index contributed by atoms with van der Waals surface area (Å²) < 4.78 is 5.41. The quantitative estimate of drug-likeness (QED) is 0.814. The van der Waals surface area contributed by atoms with E-state index in [9.17, 15) is 0 Å². The Bertz CT molecular complexity index is 528. The number of nitrogens with zero attached hydrogens (tertiary/aromatic N) is 2. The van der Waals surface area contributed by atoms with Gasteiger partial charge in [0.05, 0.1) is 6.61 Å². The molecule has 0 bridgehead atoms. The van der Waals surface area contributed by atoms with Crippen molar-refractivity contribution in [2.45, 2.75) is 6.92 Å². The first-order chi connectivity index (χ1) is 7.83. The van der Waals surface area contributed by atoms with Crippen molar-refractivity contribution in [3.05, 3.63) is 35.3 Å². The van der Waals surface area contributed by atoms with Crippen LogP contribution in [0.25, 0.3) is 10.6 Å². The monoisotopic (exact) mass is 230 g/mol. The predicted molar refractivity (Wildman–Crippen MR) is 63.4 cm³/mol. The molecule has 80 valence electrons. The second kappa shape index (κ2) is 4.77. The molecule has 0 saturated carbocycles. The first kappa shape index (κ1) is 10.7. The zero-order valence-corrected chi connectivity index (χ0v) is 9.62. The van der Waals surface area contributed by atoms with Crippen LogP contribution in [0, 0.1) is 11.3 Å². The number of rotatable bonds is 3. The molecular formula is C12H10N2OS. The molecule has 0 spiro atoms. The van der Waals surface area contributed by atoms with Crippen LogP contribution in [0.15, 0.2) is 29.6 Å².